The zero-order valence-electron chi connectivity index (χ0n) is 23.9. The Morgan fingerprint density at radius 2 is 1.73 bits per heavy atom. The van der Waals surface area contributed by atoms with E-state index in [1.807, 2.05) is 55.7 Å². The van der Waals surface area contributed by atoms with E-state index in [1.165, 1.54) is 5.69 Å². The molecule has 1 aliphatic heterocycles. The number of hydrogen-bond acceptors (Lipinski definition) is 5. The van der Waals surface area contributed by atoms with Crippen LogP contribution in [0.25, 0.3) is 33.7 Å². The summed E-state index contributed by atoms with van der Waals surface area (Å²) in [7, 11) is 4.02. The van der Waals surface area contributed by atoms with Gasteiger partial charge in [0.2, 0.25) is 0 Å². The van der Waals surface area contributed by atoms with Crippen molar-refractivity contribution in [3.05, 3.63) is 88.9 Å². The zero-order valence-corrected chi connectivity index (χ0v) is 23.9. The van der Waals surface area contributed by atoms with Crippen LogP contribution in [-0.4, -0.2) is 46.8 Å². The van der Waals surface area contributed by atoms with E-state index in [9.17, 15) is 9.90 Å². The topological polar surface area (TPSA) is 89.1 Å². The van der Waals surface area contributed by atoms with Gasteiger partial charge in [-0.15, -0.1) is 0 Å². The highest BCUT2D eigenvalue weighted by Crippen LogP contribution is 2.47. The first kappa shape index (κ1) is 25.7. The van der Waals surface area contributed by atoms with Gasteiger partial charge >= 0.3 is 0 Å². The van der Waals surface area contributed by atoms with Crippen molar-refractivity contribution in [1.82, 2.24) is 29.2 Å². The molecule has 2 aliphatic rings. The number of pyridine rings is 1. The molecule has 4 heterocycles. The summed E-state index contributed by atoms with van der Waals surface area (Å²) in [6.45, 7) is 5.00. The second-order valence-corrected chi connectivity index (χ2v) is 11.7. The number of β-amino-alcohol motifs (C(OH)–C–C–N with tert-alkyl or cyclic N) is 1. The lowest BCUT2D eigenvalue weighted by Crippen LogP contribution is -2.29. The van der Waals surface area contributed by atoms with Crippen molar-refractivity contribution in [2.24, 2.45) is 14.1 Å². The second-order valence-electron chi connectivity index (χ2n) is 11.7. The summed E-state index contributed by atoms with van der Waals surface area (Å²) < 4.78 is 4.04. The molecule has 1 N–H and O–H groups in total. The van der Waals surface area contributed by atoms with Gasteiger partial charge in [-0.1, -0.05) is 56.3 Å². The number of fused-ring (bicyclic) bond motifs is 2. The molecule has 0 radical (unpaired) electrons. The molecular weight excluding hydrogens is 512 g/mol. The van der Waals surface area contributed by atoms with Crippen molar-refractivity contribution in [2.45, 2.75) is 51.2 Å². The fraction of sp³-hybridized carbons (Fsp3) is 0.333. The number of aliphatic hydroxyl groups excluding tert-OH is 1. The Kier molecular flexibility index (Phi) is 6.05. The lowest BCUT2D eigenvalue weighted by Gasteiger charge is -2.20. The molecule has 0 spiro atoms. The average Bonchev–Trinajstić information content (AvgIpc) is 3.54. The van der Waals surface area contributed by atoms with E-state index >= 15 is 0 Å². The SMILES string of the molecule is CC(C)c1nc2nn(C)cc2cc1-c1nc(-c2cccc3c2CN(C[C@H](O)c2ccccc2)C3=O)c(C2CC2)n1C. The number of hydrogen-bond donors (Lipinski definition) is 1. The second kappa shape index (κ2) is 9.66. The number of aliphatic hydroxyl groups is 1. The van der Waals surface area contributed by atoms with E-state index in [-0.39, 0.29) is 18.4 Å². The number of carbonyl (C=O) groups excluding carboxylic acids is 1. The molecule has 7 rings (SSSR count). The van der Waals surface area contributed by atoms with Crippen molar-refractivity contribution in [2.75, 3.05) is 6.54 Å². The molecule has 1 fully saturated rings. The van der Waals surface area contributed by atoms with Crippen LogP contribution in [0.4, 0.5) is 0 Å². The third kappa shape index (κ3) is 4.34. The van der Waals surface area contributed by atoms with Gasteiger partial charge in [0.1, 0.15) is 5.82 Å². The maximum atomic E-state index is 13.5. The number of benzene rings is 2. The summed E-state index contributed by atoms with van der Waals surface area (Å²) in [5, 5.41) is 16.4. The molecule has 41 heavy (non-hydrogen) atoms. The molecule has 8 nitrogen and oxygen atoms in total. The van der Waals surface area contributed by atoms with Gasteiger partial charge < -0.3 is 14.6 Å². The number of amides is 1. The fourth-order valence-corrected chi connectivity index (χ4v) is 6.23. The summed E-state index contributed by atoms with van der Waals surface area (Å²) in [4.78, 5) is 25.5. The normalized spacial score (nSPS) is 15.8. The van der Waals surface area contributed by atoms with Crippen LogP contribution >= 0.6 is 0 Å². The van der Waals surface area contributed by atoms with Gasteiger partial charge in [0.25, 0.3) is 5.91 Å². The molecule has 208 valence electrons. The van der Waals surface area contributed by atoms with Crippen LogP contribution in [0.2, 0.25) is 0 Å². The predicted octanol–water partition coefficient (Wildman–Crippen LogP) is 5.73. The highest BCUT2D eigenvalue weighted by Gasteiger charge is 2.36. The van der Waals surface area contributed by atoms with Crippen LogP contribution in [0.1, 0.15) is 77.5 Å². The zero-order chi connectivity index (χ0) is 28.4. The predicted molar refractivity (Wildman–Crippen MR) is 158 cm³/mol. The molecule has 1 saturated carbocycles. The quantitative estimate of drug-likeness (QED) is 0.282. The van der Waals surface area contributed by atoms with E-state index in [1.54, 1.807) is 9.58 Å². The van der Waals surface area contributed by atoms with Gasteiger partial charge in [-0.25, -0.2) is 9.97 Å². The van der Waals surface area contributed by atoms with Crippen LogP contribution in [-0.2, 0) is 20.6 Å². The summed E-state index contributed by atoms with van der Waals surface area (Å²) in [6, 6.07) is 17.6. The van der Waals surface area contributed by atoms with Gasteiger partial charge in [-0.3, -0.25) is 9.48 Å². The molecule has 1 amide bonds. The lowest BCUT2D eigenvalue weighted by atomic mass is 9.98. The van der Waals surface area contributed by atoms with Gasteiger partial charge in [-0.2, -0.15) is 5.10 Å². The number of nitrogens with zero attached hydrogens (tertiary/aromatic N) is 6. The monoisotopic (exact) mass is 546 g/mol. The standard InChI is InChI=1S/C33H34N6O2/c1-19(2)28-25(15-22-16-37(3)36-31(22)34-28)32-35-29(30(38(32)4)21-13-14-21)23-11-8-12-24-26(23)17-39(33(24)41)18-27(40)20-9-6-5-7-10-20/h5-12,15-16,19,21,27,40H,13-14,17-18H2,1-4H3/t27-/m0/s1. The number of aromatic nitrogens is 5. The fourth-order valence-electron chi connectivity index (χ4n) is 6.23. The van der Waals surface area contributed by atoms with E-state index < -0.39 is 6.10 Å². The minimum atomic E-state index is -0.745. The summed E-state index contributed by atoms with van der Waals surface area (Å²) in [5.41, 5.74) is 8.38. The van der Waals surface area contributed by atoms with Crippen LogP contribution in [0.3, 0.4) is 0 Å². The third-order valence-electron chi connectivity index (χ3n) is 8.41. The number of carbonyl (C=O) groups is 1. The smallest absolute Gasteiger partial charge is 0.254 e. The number of aryl methyl sites for hydroxylation is 1. The first-order chi connectivity index (χ1) is 19.8. The van der Waals surface area contributed by atoms with Gasteiger partial charge in [-0.05, 0) is 42.0 Å². The molecule has 0 bridgehead atoms. The van der Waals surface area contributed by atoms with Crippen molar-refractivity contribution in [3.63, 3.8) is 0 Å². The maximum Gasteiger partial charge on any atom is 0.254 e. The first-order valence-corrected chi connectivity index (χ1v) is 14.4. The van der Waals surface area contributed by atoms with Gasteiger partial charge in [0.05, 0.1) is 24.0 Å². The van der Waals surface area contributed by atoms with Gasteiger partial charge in [0, 0.05) is 60.5 Å². The third-order valence-corrected chi connectivity index (χ3v) is 8.41. The van der Waals surface area contributed by atoms with Crippen LogP contribution in [0.5, 0.6) is 0 Å². The Morgan fingerprint density at radius 1 is 0.976 bits per heavy atom. The summed E-state index contributed by atoms with van der Waals surface area (Å²) in [5.74, 6) is 1.48. The Bertz CT molecular complexity index is 1800. The van der Waals surface area contributed by atoms with Crippen molar-refractivity contribution in [3.8, 4) is 22.6 Å². The number of imidazole rings is 1. The highest BCUT2D eigenvalue weighted by atomic mass is 16.3. The van der Waals surface area contributed by atoms with E-state index in [0.717, 1.165) is 63.3 Å². The Hall–Kier alpha value is -4.30. The molecule has 5 aromatic rings. The molecule has 1 aliphatic carbocycles. The molecule has 3 aromatic heterocycles. The van der Waals surface area contributed by atoms with E-state index in [0.29, 0.717) is 18.0 Å². The van der Waals surface area contributed by atoms with E-state index in [4.69, 9.17) is 9.97 Å². The molecular formula is C33H34N6O2. The van der Waals surface area contributed by atoms with E-state index in [2.05, 4.69) is 42.7 Å². The summed E-state index contributed by atoms with van der Waals surface area (Å²) in [6.07, 6.45) is 3.51. The van der Waals surface area contributed by atoms with Gasteiger partial charge in [0.15, 0.2) is 5.65 Å². The maximum absolute atomic E-state index is 13.5. The van der Waals surface area contributed by atoms with Crippen LogP contribution in [0, 0.1) is 0 Å². The first-order valence-electron chi connectivity index (χ1n) is 14.4. The minimum Gasteiger partial charge on any atom is -0.387 e. The average molecular weight is 547 g/mol. The lowest BCUT2D eigenvalue weighted by molar-refractivity contribution is 0.0646. The molecule has 1 atom stereocenters. The Morgan fingerprint density at radius 3 is 2.46 bits per heavy atom. The largest absolute Gasteiger partial charge is 0.387 e. The highest BCUT2D eigenvalue weighted by molar-refractivity contribution is 6.00. The molecule has 8 heteroatoms. The van der Waals surface area contributed by atoms with Crippen LogP contribution < -0.4 is 0 Å². The van der Waals surface area contributed by atoms with Crippen molar-refractivity contribution >= 4 is 16.9 Å². The Labute approximate surface area is 239 Å². The molecule has 2 aromatic carbocycles. The van der Waals surface area contributed by atoms with Crippen molar-refractivity contribution in [1.29, 1.82) is 0 Å². The number of rotatable bonds is 7. The summed E-state index contributed by atoms with van der Waals surface area (Å²) >= 11 is 0. The van der Waals surface area contributed by atoms with Crippen LogP contribution in [0.15, 0.2) is 60.8 Å². The van der Waals surface area contributed by atoms with Crippen molar-refractivity contribution < 1.29 is 9.90 Å². The molecule has 0 unspecified atom stereocenters. The Balaban J connectivity index is 1.32. The molecule has 0 saturated heterocycles. The minimum absolute atomic E-state index is 0.0470.